The van der Waals surface area contributed by atoms with Gasteiger partial charge in [-0.15, -0.1) is 11.8 Å². The SMILES string of the molecule is CS(=O)(=O)c1ccc(N[C@@H]2CN[C@H](C(=O)N3CCSC3)C2)cc1. The number of sulfone groups is 1. The van der Waals surface area contributed by atoms with E-state index in [1.807, 2.05) is 4.90 Å². The molecule has 2 aliphatic heterocycles. The van der Waals surface area contributed by atoms with Gasteiger partial charge in [0.15, 0.2) is 9.84 Å². The number of rotatable bonds is 4. The van der Waals surface area contributed by atoms with Crippen molar-refractivity contribution in [2.24, 2.45) is 0 Å². The van der Waals surface area contributed by atoms with Crippen molar-refractivity contribution in [1.82, 2.24) is 10.2 Å². The van der Waals surface area contributed by atoms with Crippen LogP contribution in [0.15, 0.2) is 29.2 Å². The van der Waals surface area contributed by atoms with E-state index >= 15 is 0 Å². The van der Waals surface area contributed by atoms with Gasteiger partial charge in [0, 0.05) is 36.8 Å². The fourth-order valence-corrected chi connectivity index (χ4v) is 4.46. The molecule has 0 aliphatic carbocycles. The molecule has 0 spiro atoms. The highest BCUT2D eigenvalue weighted by Gasteiger charge is 2.33. The Labute approximate surface area is 140 Å². The number of thioether (sulfide) groups is 1. The summed E-state index contributed by atoms with van der Waals surface area (Å²) < 4.78 is 22.9. The second-order valence-electron chi connectivity index (χ2n) is 5.97. The van der Waals surface area contributed by atoms with Gasteiger partial charge in [0.1, 0.15) is 0 Å². The van der Waals surface area contributed by atoms with Gasteiger partial charge in [0.2, 0.25) is 5.91 Å². The first kappa shape index (κ1) is 16.6. The topological polar surface area (TPSA) is 78.5 Å². The molecule has 2 heterocycles. The summed E-state index contributed by atoms with van der Waals surface area (Å²) in [6.07, 6.45) is 1.94. The van der Waals surface area contributed by atoms with Crippen molar-refractivity contribution in [2.75, 3.05) is 36.3 Å². The maximum absolute atomic E-state index is 12.4. The van der Waals surface area contributed by atoms with Crippen molar-refractivity contribution in [2.45, 2.75) is 23.4 Å². The highest BCUT2D eigenvalue weighted by molar-refractivity contribution is 7.99. The molecule has 1 aromatic rings. The van der Waals surface area contributed by atoms with E-state index in [1.165, 1.54) is 6.26 Å². The summed E-state index contributed by atoms with van der Waals surface area (Å²) in [5.74, 6) is 2.00. The third-order valence-corrected chi connectivity index (χ3v) is 6.24. The van der Waals surface area contributed by atoms with Gasteiger partial charge in [-0.2, -0.15) is 0 Å². The Morgan fingerprint density at radius 2 is 2.09 bits per heavy atom. The molecule has 0 radical (unpaired) electrons. The normalized spacial score (nSPS) is 24.8. The minimum absolute atomic E-state index is 0.124. The molecule has 0 bridgehead atoms. The van der Waals surface area contributed by atoms with Crippen molar-refractivity contribution in [3.8, 4) is 0 Å². The van der Waals surface area contributed by atoms with Crippen LogP contribution in [0.2, 0.25) is 0 Å². The van der Waals surface area contributed by atoms with E-state index < -0.39 is 9.84 Å². The lowest BCUT2D eigenvalue weighted by molar-refractivity contribution is -0.131. The second-order valence-corrected chi connectivity index (χ2v) is 9.06. The van der Waals surface area contributed by atoms with Crippen molar-refractivity contribution in [3.05, 3.63) is 24.3 Å². The van der Waals surface area contributed by atoms with Crippen molar-refractivity contribution >= 4 is 33.2 Å². The zero-order chi connectivity index (χ0) is 16.4. The molecule has 2 aliphatic rings. The van der Waals surface area contributed by atoms with Crippen LogP contribution in [0, 0.1) is 0 Å². The van der Waals surface area contributed by atoms with Gasteiger partial charge in [-0.05, 0) is 30.7 Å². The highest BCUT2D eigenvalue weighted by atomic mass is 32.2. The smallest absolute Gasteiger partial charge is 0.240 e. The second kappa shape index (κ2) is 6.70. The van der Waals surface area contributed by atoms with Crippen LogP contribution in [0.5, 0.6) is 0 Å². The molecule has 1 amide bonds. The van der Waals surface area contributed by atoms with Crippen LogP contribution >= 0.6 is 11.8 Å². The first-order valence-corrected chi connectivity index (χ1v) is 10.6. The van der Waals surface area contributed by atoms with Crippen LogP contribution in [-0.4, -0.2) is 62.3 Å². The first-order valence-electron chi connectivity index (χ1n) is 7.60. The summed E-state index contributed by atoms with van der Waals surface area (Å²) in [5.41, 5.74) is 0.869. The number of nitrogens with zero attached hydrogens (tertiary/aromatic N) is 1. The van der Waals surface area contributed by atoms with E-state index in [0.717, 1.165) is 36.8 Å². The van der Waals surface area contributed by atoms with E-state index in [1.54, 1.807) is 36.0 Å². The molecule has 2 fully saturated rings. The average Bonchev–Trinajstić information content (AvgIpc) is 3.18. The molecular formula is C15H21N3O3S2. The Balaban J connectivity index is 1.56. The van der Waals surface area contributed by atoms with Gasteiger partial charge in [-0.3, -0.25) is 4.79 Å². The minimum Gasteiger partial charge on any atom is -0.381 e. The van der Waals surface area contributed by atoms with Gasteiger partial charge < -0.3 is 15.5 Å². The Morgan fingerprint density at radius 3 is 2.70 bits per heavy atom. The molecule has 3 rings (SSSR count). The zero-order valence-corrected chi connectivity index (χ0v) is 14.6. The summed E-state index contributed by atoms with van der Waals surface area (Å²) in [4.78, 5) is 14.6. The molecule has 0 aromatic heterocycles. The summed E-state index contributed by atoms with van der Waals surface area (Å²) in [6, 6.07) is 6.78. The largest absolute Gasteiger partial charge is 0.381 e. The van der Waals surface area contributed by atoms with E-state index in [4.69, 9.17) is 0 Å². The average molecular weight is 355 g/mol. The molecule has 126 valence electrons. The lowest BCUT2D eigenvalue weighted by Crippen LogP contribution is -2.42. The van der Waals surface area contributed by atoms with Crippen molar-refractivity contribution in [1.29, 1.82) is 0 Å². The number of anilines is 1. The van der Waals surface area contributed by atoms with Gasteiger partial charge in [-0.1, -0.05) is 0 Å². The van der Waals surface area contributed by atoms with Crippen LogP contribution in [0.25, 0.3) is 0 Å². The maximum atomic E-state index is 12.4. The van der Waals surface area contributed by atoms with E-state index in [2.05, 4.69) is 10.6 Å². The van der Waals surface area contributed by atoms with Crippen LogP contribution in [0.4, 0.5) is 5.69 Å². The van der Waals surface area contributed by atoms with Crippen molar-refractivity contribution in [3.63, 3.8) is 0 Å². The summed E-state index contributed by atoms with van der Waals surface area (Å²) in [5, 5.41) is 6.64. The van der Waals surface area contributed by atoms with Crippen LogP contribution in [0.1, 0.15) is 6.42 Å². The Kier molecular flexibility index (Phi) is 4.84. The number of hydrogen-bond acceptors (Lipinski definition) is 6. The third kappa shape index (κ3) is 3.99. The Hall–Kier alpha value is -1.25. The van der Waals surface area contributed by atoms with Gasteiger partial charge in [-0.25, -0.2) is 8.42 Å². The zero-order valence-electron chi connectivity index (χ0n) is 13.0. The summed E-state index contributed by atoms with van der Waals surface area (Å²) >= 11 is 1.79. The first-order chi connectivity index (χ1) is 10.9. The molecule has 2 atom stereocenters. The monoisotopic (exact) mass is 355 g/mol. The minimum atomic E-state index is -3.17. The van der Waals surface area contributed by atoms with E-state index in [0.29, 0.717) is 4.90 Å². The lowest BCUT2D eigenvalue weighted by Gasteiger charge is -2.19. The molecule has 2 N–H and O–H groups in total. The molecule has 0 unspecified atom stereocenters. The molecule has 8 heteroatoms. The predicted octanol–water partition coefficient (Wildman–Crippen LogP) is 0.765. The molecule has 2 saturated heterocycles. The van der Waals surface area contributed by atoms with Crippen LogP contribution in [0.3, 0.4) is 0 Å². The Bertz CT molecular complexity index is 670. The molecular weight excluding hydrogens is 334 g/mol. The van der Waals surface area contributed by atoms with Crippen LogP contribution in [-0.2, 0) is 14.6 Å². The quantitative estimate of drug-likeness (QED) is 0.830. The fraction of sp³-hybridized carbons (Fsp3) is 0.533. The Morgan fingerprint density at radius 1 is 1.35 bits per heavy atom. The number of carbonyl (C=O) groups is 1. The summed E-state index contributed by atoms with van der Waals surface area (Å²) in [6.45, 7) is 1.57. The molecule has 23 heavy (non-hydrogen) atoms. The van der Waals surface area contributed by atoms with Crippen LogP contribution < -0.4 is 10.6 Å². The number of amides is 1. The molecule has 1 aromatic carbocycles. The number of benzene rings is 1. The molecule has 0 saturated carbocycles. The lowest BCUT2D eigenvalue weighted by atomic mass is 10.1. The van der Waals surface area contributed by atoms with Crippen molar-refractivity contribution < 1.29 is 13.2 Å². The number of hydrogen-bond donors (Lipinski definition) is 2. The number of nitrogens with one attached hydrogen (secondary N) is 2. The maximum Gasteiger partial charge on any atom is 0.240 e. The highest BCUT2D eigenvalue weighted by Crippen LogP contribution is 2.20. The molecule has 6 nitrogen and oxygen atoms in total. The standard InChI is InChI=1S/C15H21N3O3S2/c1-23(20,21)13-4-2-11(3-5-13)17-12-8-14(16-9-12)15(19)18-6-7-22-10-18/h2-5,12,14,16-17H,6-10H2,1H3/t12-,14-/m0/s1. The fourth-order valence-electron chi connectivity index (χ4n) is 2.88. The predicted molar refractivity (Wildman–Crippen MR) is 92.4 cm³/mol. The van der Waals surface area contributed by atoms with E-state index in [9.17, 15) is 13.2 Å². The van der Waals surface area contributed by atoms with E-state index in [-0.39, 0.29) is 18.0 Å². The number of carbonyl (C=O) groups excluding carboxylic acids is 1. The summed E-state index contributed by atoms with van der Waals surface area (Å²) in [7, 11) is -3.17. The third-order valence-electron chi connectivity index (χ3n) is 4.15. The van der Waals surface area contributed by atoms with Gasteiger partial charge >= 0.3 is 0 Å². The van der Waals surface area contributed by atoms with Gasteiger partial charge in [0.25, 0.3) is 0 Å². The van der Waals surface area contributed by atoms with Gasteiger partial charge in [0.05, 0.1) is 16.8 Å².